The normalized spacial score (nSPS) is 11.5. The zero-order valence-electron chi connectivity index (χ0n) is 12.2. The molecule has 0 bridgehead atoms. The molecular formula is C15H17FN2O3S. The number of benzene rings is 1. The number of aryl methyl sites for hydroxylation is 1. The standard InChI is InChI=1S/C15H17FN2O3S/c1-2-3-8-18-9-7-17-14(15(18)19)22(20,21)11-12-5-4-6-13(16)10-12/h4-7,9-10H,2-3,8,11H2,1H3. The summed E-state index contributed by atoms with van der Waals surface area (Å²) in [7, 11) is -3.92. The first-order valence-corrected chi connectivity index (χ1v) is 8.62. The van der Waals surface area contributed by atoms with Crippen LogP contribution in [0, 0.1) is 5.82 Å². The zero-order valence-corrected chi connectivity index (χ0v) is 13.0. The molecule has 22 heavy (non-hydrogen) atoms. The third-order valence-electron chi connectivity index (χ3n) is 3.18. The van der Waals surface area contributed by atoms with E-state index in [4.69, 9.17) is 0 Å². The van der Waals surface area contributed by atoms with Gasteiger partial charge in [-0.05, 0) is 24.1 Å². The minimum atomic E-state index is -3.92. The highest BCUT2D eigenvalue weighted by Crippen LogP contribution is 2.12. The van der Waals surface area contributed by atoms with Crippen LogP contribution in [0.5, 0.6) is 0 Å². The summed E-state index contributed by atoms with van der Waals surface area (Å²) >= 11 is 0. The molecule has 0 amide bonds. The summed E-state index contributed by atoms with van der Waals surface area (Å²) in [6, 6.07) is 5.29. The van der Waals surface area contributed by atoms with Gasteiger partial charge in [-0.1, -0.05) is 25.5 Å². The third kappa shape index (κ3) is 3.79. The Morgan fingerprint density at radius 3 is 2.77 bits per heavy atom. The lowest BCUT2D eigenvalue weighted by atomic mass is 10.2. The maximum atomic E-state index is 13.2. The summed E-state index contributed by atoms with van der Waals surface area (Å²) in [5.41, 5.74) is -0.350. The predicted molar refractivity (Wildman–Crippen MR) is 80.7 cm³/mol. The Hall–Kier alpha value is -2.02. The SMILES string of the molecule is CCCCn1ccnc(S(=O)(=O)Cc2cccc(F)c2)c1=O. The van der Waals surface area contributed by atoms with Crippen molar-refractivity contribution >= 4 is 9.84 Å². The summed E-state index contributed by atoms with van der Waals surface area (Å²) < 4.78 is 39.2. The van der Waals surface area contributed by atoms with E-state index in [-0.39, 0.29) is 5.56 Å². The van der Waals surface area contributed by atoms with Gasteiger partial charge in [-0.15, -0.1) is 0 Å². The minimum absolute atomic E-state index is 0.283. The lowest BCUT2D eigenvalue weighted by Crippen LogP contribution is -2.27. The Balaban J connectivity index is 2.35. The van der Waals surface area contributed by atoms with Crippen molar-refractivity contribution in [2.45, 2.75) is 37.1 Å². The van der Waals surface area contributed by atoms with Crippen LogP contribution in [-0.2, 0) is 22.1 Å². The topological polar surface area (TPSA) is 69.0 Å². The largest absolute Gasteiger partial charge is 0.312 e. The molecule has 0 atom stereocenters. The van der Waals surface area contributed by atoms with Gasteiger partial charge in [-0.3, -0.25) is 4.79 Å². The average Bonchev–Trinajstić information content (AvgIpc) is 2.45. The van der Waals surface area contributed by atoms with Gasteiger partial charge in [0.2, 0.25) is 14.9 Å². The lowest BCUT2D eigenvalue weighted by molar-refractivity contribution is 0.570. The lowest BCUT2D eigenvalue weighted by Gasteiger charge is -2.07. The quantitative estimate of drug-likeness (QED) is 0.816. The van der Waals surface area contributed by atoms with Crippen molar-refractivity contribution in [3.8, 4) is 0 Å². The molecule has 0 aliphatic rings. The van der Waals surface area contributed by atoms with Gasteiger partial charge in [0.15, 0.2) is 0 Å². The molecule has 7 heteroatoms. The van der Waals surface area contributed by atoms with E-state index in [2.05, 4.69) is 4.98 Å². The van der Waals surface area contributed by atoms with Crippen LogP contribution >= 0.6 is 0 Å². The Labute approximate surface area is 128 Å². The number of aromatic nitrogens is 2. The van der Waals surface area contributed by atoms with Crippen LogP contribution in [-0.4, -0.2) is 18.0 Å². The molecule has 118 valence electrons. The first-order valence-electron chi connectivity index (χ1n) is 6.96. The fourth-order valence-corrected chi connectivity index (χ4v) is 3.42. The van der Waals surface area contributed by atoms with Crippen LogP contribution in [0.4, 0.5) is 4.39 Å². The van der Waals surface area contributed by atoms with E-state index in [0.29, 0.717) is 6.54 Å². The van der Waals surface area contributed by atoms with E-state index in [1.807, 2.05) is 6.92 Å². The van der Waals surface area contributed by atoms with Gasteiger partial charge < -0.3 is 4.57 Å². The highest BCUT2D eigenvalue weighted by atomic mass is 32.2. The smallest absolute Gasteiger partial charge is 0.288 e. The van der Waals surface area contributed by atoms with Crippen LogP contribution in [0.2, 0.25) is 0 Å². The van der Waals surface area contributed by atoms with Crippen molar-refractivity contribution < 1.29 is 12.8 Å². The van der Waals surface area contributed by atoms with E-state index in [9.17, 15) is 17.6 Å². The molecule has 0 radical (unpaired) electrons. The van der Waals surface area contributed by atoms with Crippen LogP contribution in [0.3, 0.4) is 0 Å². The first-order chi connectivity index (χ1) is 10.4. The van der Waals surface area contributed by atoms with Gasteiger partial charge in [0.25, 0.3) is 5.56 Å². The Bertz CT molecular complexity index is 816. The van der Waals surface area contributed by atoms with Crippen LogP contribution in [0.1, 0.15) is 25.3 Å². The van der Waals surface area contributed by atoms with Crippen molar-refractivity contribution in [1.29, 1.82) is 0 Å². The van der Waals surface area contributed by atoms with Crippen molar-refractivity contribution in [2.75, 3.05) is 0 Å². The molecule has 0 saturated heterocycles. The van der Waals surface area contributed by atoms with E-state index in [1.165, 1.54) is 35.2 Å². The fourth-order valence-electron chi connectivity index (χ4n) is 2.06. The average molecular weight is 324 g/mol. The maximum absolute atomic E-state index is 13.2. The summed E-state index contributed by atoms with van der Waals surface area (Å²) in [6.07, 6.45) is 4.43. The molecule has 1 aromatic carbocycles. The summed E-state index contributed by atoms with van der Waals surface area (Å²) in [4.78, 5) is 15.9. The number of hydrogen-bond donors (Lipinski definition) is 0. The number of hydrogen-bond acceptors (Lipinski definition) is 4. The van der Waals surface area contributed by atoms with E-state index in [0.717, 1.165) is 18.9 Å². The van der Waals surface area contributed by atoms with Gasteiger partial charge in [-0.25, -0.2) is 17.8 Å². The fraction of sp³-hybridized carbons (Fsp3) is 0.333. The van der Waals surface area contributed by atoms with Gasteiger partial charge >= 0.3 is 0 Å². The van der Waals surface area contributed by atoms with Gasteiger partial charge in [0, 0.05) is 18.9 Å². The molecule has 0 unspecified atom stereocenters. The number of halogens is 1. The van der Waals surface area contributed by atoms with E-state index < -0.39 is 32.0 Å². The van der Waals surface area contributed by atoms with Gasteiger partial charge in [-0.2, -0.15) is 0 Å². The number of sulfone groups is 1. The van der Waals surface area contributed by atoms with Crippen molar-refractivity contribution in [1.82, 2.24) is 9.55 Å². The molecule has 0 fully saturated rings. The molecule has 0 saturated carbocycles. The third-order valence-corrected chi connectivity index (χ3v) is 4.76. The first kappa shape index (κ1) is 16.4. The van der Waals surface area contributed by atoms with Crippen LogP contribution in [0.25, 0.3) is 0 Å². The highest BCUT2D eigenvalue weighted by Gasteiger charge is 2.22. The molecule has 0 aliphatic heterocycles. The molecular weight excluding hydrogens is 307 g/mol. The summed E-state index contributed by atoms with van der Waals surface area (Å²) in [5, 5.41) is -0.490. The second-order valence-electron chi connectivity index (χ2n) is 4.97. The summed E-state index contributed by atoms with van der Waals surface area (Å²) in [5.74, 6) is -0.973. The van der Waals surface area contributed by atoms with Crippen molar-refractivity contribution in [2.24, 2.45) is 0 Å². The maximum Gasteiger partial charge on any atom is 0.288 e. The number of rotatable bonds is 6. The van der Waals surface area contributed by atoms with Crippen LogP contribution < -0.4 is 5.56 Å². The van der Waals surface area contributed by atoms with E-state index >= 15 is 0 Å². The second kappa shape index (κ2) is 6.83. The molecule has 0 aliphatic carbocycles. The molecule has 2 rings (SSSR count). The molecule has 1 aromatic heterocycles. The molecule has 0 spiro atoms. The predicted octanol–water partition coefficient (Wildman–Crippen LogP) is 2.16. The molecule has 2 aromatic rings. The second-order valence-corrected chi connectivity index (χ2v) is 6.88. The Morgan fingerprint density at radius 1 is 1.32 bits per heavy atom. The van der Waals surface area contributed by atoms with E-state index in [1.54, 1.807) is 0 Å². The molecule has 1 heterocycles. The Morgan fingerprint density at radius 2 is 2.09 bits per heavy atom. The minimum Gasteiger partial charge on any atom is -0.312 e. The Kier molecular flexibility index (Phi) is 5.07. The van der Waals surface area contributed by atoms with Gasteiger partial charge in [0.05, 0.1) is 5.75 Å². The number of nitrogens with zero attached hydrogens (tertiary/aromatic N) is 2. The summed E-state index contributed by atoms with van der Waals surface area (Å²) in [6.45, 7) is 2.42. The van der Waals surface area contributed by atoms with Crippen molar-refractivity contribution in [3.63, 3.8) is 0 Å². The van der Waals surface area contributed by atoms with Crippen LogP contribution in [0.15, 0.2) is 46.5 Å². The highest BCUT2D eigenvalue weighted by molar-refractivity contribution is 7.90. The van der Waals surface area contributed by atoms with Crippen molar-refractivity contribution in [3.05, 3.63) is 58.4 Å². The van der Waals surface area contributed by atoms with Gasteiger partial charge in [0.1, 0.15) is 5.82 Å². The number of unbranched alkanes of at least 4 members (excludes halogenated alkanes) is 1. The zero-order chi connectivity index (χ0) is 16.2. The molecule has 0 N–H and O–H groups in total. The molecule has 5 nitrogen and oxygen atoms in total. The monoisotopic (exact) mass is 324 g/mol.